The van der Waals surface area contributed by atoms with Gasteiger partial charge in [0.1, 0.15) is 0 Å². The first-order chi connectivity index (χ1) is 8.61. The van der Waals surface area contributed by atoms with Gasteiger partial charge in [0.2, 0.25) is 0 Å². The summed E-state index contributed by atoms with van der Waals surface area (Å²) in [6, 6.07) is 14.9. The van der Waals surface area contributed by atoms with Gasteiger partial charge in [0.15, 0.2) is 0 Å². The van der Waals surface area contributed by atoms with Crippen LogP contribution in [-0.4, -0.2) is 7.05 Å². The minimum Gasteiger partial charge on any atom is -0.344 e. The summed E-state index contributed by atoms with van der Waals surface area (Å²) in [6.45, 7) is 4.83. The maximum absolute atomic E-state index is 5.69. The van der Waals surface area contributed by atoms with Gasteiger partial charge in [-0.2, -0.15) is 0 Å². The number of aryl methyl sites for hydroxylation is 2. The lowest BCUT2D eigenvalue weighted by molar-refractivity contribution is 1.06. The standard InChI is InChI=1S/C16H20N2/c1-12-7-8-13(2)16(9-12)18(3)15-6-4-5-14(10-15)11-17/h4-10H,11,17H2,1-3H3. The van der Waals surface area contributed by atoms with Crippen molar-refractivity contribution in [2.24, 2.45) is 5.73 Å². The molecule has 94 valence electrons. The minimum absolute atomic E-state index is 0.578. The number of rotatable bonds is 3. The zero-order valence-electron chi connectivity index (χ0n) is 11.3. The summed E-state index contributed by atoms with van der Waals surface area (Å²) >= 11 is 0. The van der Waals surface area contributed by atoms with E-state index in [1.165, 1.54) is 22.5 Å². The molecule has 0 atom stereocenters. The van der Waals surface area contributed by atoms with E-state index in [1.54, 1.807) is 0 Å². The second kappa shape index (κ2) is 5.23. The Hall–Kier alpha value is -1.80. The normalized spacial score (nSPS) is 10.4. The van der Waals surface area contributed by atoms with Crippen LogP contribution in [0.1, 0.15) is 16.7 Å². The maximum atomic E-state index is 5.69. The fourth-order valence-electron chi connectivity index (χ4n) is 2.11. The van der Waals surface area contributed by atoms with Crippen LogP contribution in [0.4, 0.5) is 11.4 Å². The van der Waals surface area contributed by atoms with Crippen LogP contribution >= 0.6 is 0 Å². The Labute approximate surface area is 109 Å². The van der Waals surface area contributed by atoms with Crippen LogP contribution in [0.5, 0.6) is 0 Å². The second-order valence-corrected chi connectivity index (χ2v) is 4.72. The van der Waals surface area contributed by atoms with Gasteiger partial charge in [0.05, 0.1) is 0 Å². The summed E-state index contributed by atoms with van der Waals surface area (Å²) in [5.41, 5.74) is 11.8. The molecular weight excluding hydrogens is 220 g/mol. The molecule has 2 aromatic rings. The zero-order chi connectivity index (χ0) is 13.1. The van der Waals surface area contributed by atoms with Gasteiger partial charge in [0.25, 0.3) is 0 Å². The lowest BCUT2D eigenvalue weighted by Gasteiger charge is -2.22. The monoisotopic (exact) mass is 240 g/mol. The lowest BCUT2D eigenvalue weighted by atomic mass is 10.1. The average Bonchev–Trinajstić information content (AvgIpc) is 2.41. The van der Waals surface area contributed by atoms with Crippen molar-refractivity contribution in [3.05, 3.63) is 59.2 Å². The van der Waals surface area contributed by atoms with E-state index < -0.39 is 0 Å². The van der Waals surface area contributed by atoms with Crippen molar-refractivity contribution in [3.63, 3.8) is 0 Å². The van der Waals surface area contributed by atoms with Gasteiger partial charge < -0.3 is 10.6 Å². The van der Waals surface area contributed by atoms with Gasteiger partial charge in [-0.3, -0.25) is 0 Å². The van der Waals surface area contributed by atoms with E-state index in [0.29, 0.717) is 6.54 Å². The Morgan fingerprint density at radius 3 is 2.56 bits per heavy atom. The van der Waals surface area contributed by atoms with Crippen LogP contribution in [0.25, 0.3) is 0 Å². The summed E-state index contributed by atoms with van der Waals surface area (Å²) in [7, 11) is 2.09. The summed E-state index contributed by atoms with van der Waals surface area (Å²) in [5.74, 6) is 0. The van der Waals surface area contributed by atoms with Crippen LogP contribution < -0.4 is 10.6 Å². The molecule has 2 N–H and O–H groups in total. The van der Waals surface area contributed by atoms with Crippen molar-refractivity contribution < 1.29 is 0 Å². The molecule has 0 radical (unpaired) electrons. The van der Waals surface area contributed by atoms with E-state index in [2.05, 4.69) is 68.3 Å². The molecule has 0 aliphatic carbocycles. The number of hydrogen-bond donors (Lipinski definition) is 1. The third-order valence-electron chi connectivity index (χ3n) is 3.26. The van der Waals surface area contributed by atoms with Crippen LogP contribution in [0, 0.1) is 13.8 Å². The number of nitrogens with zero attached hydrogens (tertiary/aromatic N) is 1. The SMILES string of the molecule is Cc1ccc(C)c(N(C)c2cccc(CN)c2)c1. The van der Waals surface area contributed by atoms with Gasteiger partial charge in [-0.05, 0) is 48.7 Å². The number of anilines is 2. The second-order valence-electron chi connectivity index (χ2n) is 4.72. The number of benzene rings is 2. The topological polar surface area (TPSA) is 29.3 Å². The molecule has 2 rings (SSSR count). The predicted octanol–water partition coefficient (Wildman–Crippen LogP) is 3.53. The van der Waals surface area contributed by atoms with E-state index in [0.717, 1.165) is 5.56 Å². The molecule has 0 aromatic heterocycles. The van der Waals surface area contributed by atoms with Gasteiger partial charge in [-0.1, -0.05) is 24.3 Å². The summed E-state index contributed by atoms with van der Waals surface area (Å²) in [6.07, 6.45) is 0. The molecule has 0 fully saturated rings. The third-order valence-corrected chi connectivity index (χ3v) is 3.26. The van der Waals surface area contributed by atoms with Crippen molar-refractivity contribution in [1.82, 2.24) is 0 Å². The molecule has 0 aliphatic rings. The molecule has 0 bridgehead atoms. The van der Waals surface area contributed by atoms with Gasteiger partial charge in [-0.15, -0.1) is 0 Å². The number of nitrogens with two attached hydrogens (primary N) is 1. The molecular formula is C16H20N2. The molecule has 0 spiro atoms. The molecule has 0 amide bonds. The van der Waals surface area contributed by atoms with Gasteiger partial charge in [0, 0.05) is 25.0 Å². The molecule has 0 unspecified atom stereocenters. The highest BCUT2D eigenvalue weighted by atomic mass is 15.1. The van der Waals surface area contributed by atoms with Gasteiger partial charge >= 0.3 is 0 Å². The molecule has 2 heteroatoms. The fourth-order valence-corrected chi connectivity index (χ4v) is 2.11. The Balaban J connectivity index is 2.40. The van der Waals surface area contributed by atoms with Crippen molar-refractivity contribution in [2.45, 2.75) is 20.4 Å². The van der Waals surface area contributed by atoms with Crippen molar-refractivity contribution in [2.75, 3.05) is 11.9 Å². The Kier molecular flexibility index (Phi) is 3.68. The first-order valence-electron chi connectivity index (χ1n) is 6.22. The average molecular weight is 240 g/mol. The molecule has 0 aliphatic heterocycles. The van der Waals surface area contributed by atoms with E-state index in [9.17, 15) is 0 Å². The maximum Gasteiger partial charge on any atom is 0.0440 e. The third kappa shape index (κ3) is 2.54. The molecule has 0 saturated carbocycles. The highest BCUT2D eigenvalue weighted by Crippen LogP contribution is 2.28. The van der Waals surface area contributed by atoms with E-state index in [-0.39, 0.29) is 0 Å². The highest BCUT2D eigenvalue weighted by molar-refractivity contribution is 5.66. The number of hydrogen-bond acceptors (Lipinski definition) is 2. The van der Waals surface area contributed by atoms with Crippen LogP contribution in [-0.2, 0) is 6.54 Å². The van der Waals surface area contributed by atoms with Gasteiger partial charge in [-0.25, -0.2) is 0 Å². The highest BCUT2D eigenvalue weighted by Gasteiger charge is 2.07. The largest absolute Gasteiger partial charge is 0.344 e. The molecule has 2 nitrogen and oxygen atoms in total. The molecule has 0 heterocycles. The Bertz CT molecular complexity index is 547. The van der Waals surface area contributed by atoms with Crippen LogP contribution in [0.3, 0.4) is 0 Å². The Morgan fingerprint density at radius 1 is 1.06 bits per heavy atom. The first kappa shape index (κ1) is 12.7. The van der Waals surface area contributed by atoms with Crippen molar-refractivity contribution in [1.29, 1.82) is 0 Å². The van der Waals surface area contributed by atoms with E-state index in [4.69, 9.17) is 5.73 Å². The minimum atomic E-state index is 0.578. The van der Waals surface area contributed by atoms with Crippen LogP contribution in [0.2, 0.25) is 0 Å². The fraction of sp³-hybridized carbons (Fsp3) is 0.250. The quantitative estimate of drug-likeness (QED) is 0.889. The summed E-state index contributed by atoms with van der Waals surface area (Å²) in [4.78, 5) is 2.21. The van der Waals surface area contributed by atoms with E-state index in [1.807, 2.05) is 0 Å². The smallest absolute Gasteiger partial charge is 0.0440 e. The summed E-state index contributed by atoms with van der Waals surface area (Å²) < 4.78 is 0. The van der Waals surface area contributed by atoms with Crippen molar-refractivity contribution in [3.8, 4) is 0 Å². The Morgan fingerprint density at radius 2 is 1.83 bits per heavy atom. The zero-order valence-corrected chi connectivity index (χ0v) is 11.3. The lowest BCUT2D eigenvalue weighted by Crippen LogP contribution is -2.11. The first-order valence-corrected chi connectivity index (χ1v) is 6.22. The summed E-state index contributed by atoms with van der Waals surface area (Å²) in [5, 5.41) is 0. The van der Waals surface area contributed by atoms with E-state index >= 15 is 0 Å². The molecule has 0 saturated heterocycles. The molecule has 2 aromatic carbocycles. The van der Waals surface area contributed by atoms with Crippen LogP contribution in [0.15, 0.2) is 42.5 Å². The molecule has 18 heavy (non-hydrogen) atoms. The van der Waals surface area contributed by atoms with Crippen molar-refractivity contribution >= 4 is 11.4 Å². The predicted molar refractivity (Wildman–Crippen MR) is 78.3 cm³/mol.